The highest BCUT2D eigenvalue weighted by Crippen LogP contribution is 2.23. The van der Waals surface area contributed by atoms with Crippen LogP contribution in [0.4, 0.5) is 4.39 Å². The Kier molecular flexibility index (Phi) is 9.57. The quantitative estimate of drug-likeness (QED) is 0.164. The summed E-state index contributed by atoms with van der Waals surface area (Å²) in [7, 11) is 0. The minimum absolute atomic E-state index is 0.115. The predicted molar refractivity (Wildman–Crippen MR) is 165 cm³/mol. The van der Waals surface area contributed by atoms with Gasteiger partial charge < -0.3 is 10.1 Å². The molecule has 0 bridgehead atoms. The second-order valence-corrected chi connectivity index (χ2v) is 10.5. The monoisotopic (exact) mass is 607 g/mol. The molecule has 1 amide bonds. The van der Waals surface area contributed by atoms with E-state index < -0.39 is 0 Å². The van der Waals surface area contributed by atoms with Crippen molar-refractivity contribution >= 4 is 21.8 Å². The number of carbonyl (C=O) groups excluding carboxylic acids is 1. The van der Waals surface area contributed by atoms with Crippen molar-refractivity contribution in [2.75, 3.05) is 6.54 Å². The molecule has 6 heteroatoms. The van der Waals surface area contributed by atoms with Crippen LogP contribution in [-0.2, 0) is 19.5 Å². The van der Waals surface area contributed by atoms with Crippen molar-refractivity contribution in [1.82, 2.24) is 10.6 Å². The molecule has 0 atom stereocenters. The lowest BCUT2D eigenvalue weighted by Gasteiger charge is -2.10. The molecular formula is C35H29BrFN2O2. The van der Waals surface area contributed by atoms with Crippen molar-refractivity contribution in [3.63, 3.8) is 0 Å². The molecule has 0 aliphatic carbocycles. The van der Waals surface area contributed by atoms with Crippen molar-refractivity contribution in [2.45, 2.75) is 19.5 Å². The summed E-state index contributed by atoms with van der Waals surface area (Å²) < 4.78 is 19.9. The Hall–Kier alpha value is -4.26. The molecule has 0 saturated heterocycles. The Morgan fingerprint density at radius 1 is 0.732 bits per heavy atom. The average Bonchev–Trinajstić information content (AvgIpc) is 3.00. The van der Waals surface area contributed by atoms with Crippen LogP contribution in [0.2, 0.25) is 0 Å². The molecule has 5 aromatic carbocycles. The summed E-state index contributed by atoms with van der Waals surface area (Å²) in [5, 5.41) is 7.71. The lowest BCUT2D eigenvalue weighted by Crippen LogP contribution is -2.25. The summed E-state index contributed by atoms with van der Waals surface area (Å²) in [5.74, 6) is 1.21. The highest BCUT2D eigenvalue weighted by atomic mass is 79.9. The number of nitrogens with one attached hydrogen (secondary N) is 1. The van der Waals surface area contributed by atoms with Crippen molar-refractivity contribution in [3.05, 3.63) is 154 Å². The van der Waals surface area contributed by atoms with Gasteiger partial charge in [0.2, 0.25) is 0 Å². The predicted octanol–water partition coefficient (Wildman–Crippen LogP) is 8.32. The van der Waals surface area contributed by atoms with Gasteiger partial charge in [0.25, 0.3) is 5.91 Å². The van der Waals surface area contributed by atoms with Gasteiger partial charge in [-0.1, -0.05) is 82.7 Å². The number of benzene rings is 5. The van der Waals surface area contributed by atoms with E-state index in [0.717, 1.165) is 50.2 Å². The molecule has 0 saturated carbocycles. The summed E-state index contributed by atoms with van der Waals surface area (Å²) in [5.41, 5.74) is 5.80. The number of amides is 1. The topological polar surface area (TPSA) is 52.4 Å². The lowest BCUT2D eigenvalue weighted by atomic mass is 10.0. The van der Waals surface area contributed by atoms with E-state index in [1.54, 1.807) is 12.1 Å². The van der Waals surface area contributed by atoms with Gasteiger partial charge in [0, 0.05) is 29.7 Å². The zero-order valence-electron chi connectivity index (χ0n) is 22.4. The minimum Gasteiger partial charge on any atom is -0.457 e. The Morgan fingerprint density at radius 2 is 1.49 bits per heavy atom. The van der Waals surface area contributed by atoms with E-state index in [9.17, 15) is 9.18 Å². The minimum atomic E-state index is -0.245. The SMILES string of the molecule is O=C(NCCc1ccc(Oc2ccccc2)cc1)c1ccc(C[N]Cc2cccc(-c3ccc(F)cc3)c2)c(Br)c1. The molecule has 0 fully saturated rings. The first-order valence-electron chi connectivity index (χ1n) is 13.4. The number of nitrogens with zero attached hydrogens (tertiary/aromatic N) is 1. The Balaban J connectivity index is 1.08. The number of carbonyl (C=O) groups is 1. The van der Waals surface area contributed by atoms with Crippen LogP contribution >= 0.6 is 15.9 Å². The van der Waals surface area contributed by atoms with Crippen molar-refractivity contribution in [1.29, 1.82) is 0 Å². The fourth-order valence-electron chi connectivity index (χ4n) is 4.39. The lowest BCUT2D eigenvalue weighted by molar-refractivity contribution is 0.0954. The standard InChI is InChI=1S/C35H29BrFN2O2/c36-34-22-29(35(40)39-20-19-25-9-17-33(18-10-25)41-32-7-2-1-3-8-32)11-12-30(34)24-38-23-26-5-4-6-28(21-26)27-13-15-31(37)16-14-27/h1-18,21-22H,19-20,23-24H2,(H,39,40). The summed E-state index contributed by atoms with van der Waals surface area (Å²) >= 11 is 3.60. The molecule has 0 aliphatic heterocycles. The molecule has 0 spiro atoms. The number of ether oxygens (including phenoxy) is 1. The van der Waals surface area contributed by atoms with Crippen LogP contribution < -0.4 is 15.4 Å². The van der Waals surface area contributed by atoms with E-state index >= 15 is 0 Å². The van der Waals surface area contributed by atoms with Crippen molar-refractivity contribution in [3.8, 4) is 22.6 Å². The maximum Gasteiger partial charge on any atom is 0.251 e. The van der Waals surface area contributed by atoms with E-state index in [4.69, 9.17) is 10.1 Å². The van der Waals surface area contributed by atoms with E-state index in [2.05, 4.69) is 27.3 Å². The Bertz CT molecular complexity index is 1590. The smallest absolute Gasteiger partial charge is 0.251 e. The number of hydrogen-bond acceptors (Lipinski definition) is 2. The van der Waals surface area contributed by atoms with Crippen LogP contribution in [0.1, 0.15) is 27.0 Å². The van der Waals surface area contributed by atoms with Crippen LogP contribution in [0.25, 0.3) is 11.1 Å². The van der Waals surface area contributed by atoms with Crippen LogP contribution in [-0.4, -0.2) is 12.5 Å². The molecule has 41 heavy (non-hydrogen) atoms. The summed E-state index contributed by atoms with van der Waals surface area (Å²) in [6, 6.07) is 37.8. The molecular weight excluding hydrogens is 579 g/mol. The van der Waals surface area contributed by atoms with Crippen LogP contribution in [0.5, 0.6) is 11.5 Å². The van der Waals surface area contributed by atoms with Crippen LogP contribution in [0, 0.1) is 5.82 Å². The molecule has 205 valence electrons. The third kappa shape index (κ3) is 8.13. The van der Waals surface area contributed by atoms with E-state index in [1.807, 2.05) is 91.0 Å². The van der Waals surface area contributed by atoms with E-state index in [1.165, 1.54) is 12.1 Å². The third-order valence-corrected chi connectivity index (χ3v) is 7.34. The fraction of sp³-hybridized carbons (Fsp3) is 0.114. The highest BCUT2D eigenvalue weighted by Gasteiger charge is 2.09. The number of hydrogen-bond donors (Lipinski definition) is 1. The zero-order chi connectivity index (χ0) is 28.4. The molecule has 0 aliphatic rings. The van der Waals surface area contributed by atoms with Crippen molar-refractivity contribution < 1.29 is 13.9 Å². The molecule has 1 N–H and O–H groups in total. The molecule has 0 heterocycles. The van der Waals surface area contributed by atoms with Gasteiger partial charge in [-0.25, -0.2) is 9.71 Å². The number of halogens is 2. The fourth-order valence-corrected chi connectivity index (χ4v) is 4.89. The van der Waals surface area contributed by atoms with Gasteiger partial charge in [-0.15, -0.1) is 0 Å². The van der Waals surface area contributed by atoms with Crippen LogP contribution in [0.3, 0.4) is 0 Å². The third-order valence-electron chi connectivity index (χ3n) is 6.60. The van der Waals surface area contributed by atoms with Gasteiger partial charge in [-0.05, 0) is 88.8 Å². The Morgan fingerprint density at radius 3 is 2.24 bits per heavy atom. The molecule has 0 aromatic heterocycles. The summed E-state index contributed by atoms with van der Waals surface area (Å²) in [6.45, 7) is 1.61. The first-order valence-corrected chi connectivity index (χ1v) is 14.2. The van der Waals surface area contributed by atoms with E-state index in [-0.39, 0.29) is 11.7 Å². The number of para-hydroxylation sites is 1. The van der Waals surface area contributed by atoms with Crippen molar-refractivity contribution in [2.24, 2.45) is 0 Å². The van der Waals surface area contributed by atoms with Gasteiger partial charge in [-0.3, -0.25) is 4.79 Å². The second-order valence-electron chi connectivity index (χ2n) is 9.62. The zero-order valence-corrected chi connectivity index (χ0v) is 24.0. The summed E-state index contributed by atoms with van der Waals surface area (Å²) in [6.07, 6.45) is 0.720. The van der Waals surface area contributed by atoms with Gasteiger partial charge in [0.15, 0.2) is 0 Å². The van der Waals surface area contributed by atoms with Gasteiger partial charge in [-0.2, -0.15) is 0 Å². The van der Waals surface area contributed by atoms with Gasteiger partial charge in [0.1, 0.15) is 17.3 Å². The molecule has 5 rings (SSSR count). The maximum atomic E-state index is 13.2. The highest BCUT2D eigenvalue weighted by molar-refractivity contribution is 9.10. The van der Waals surface area contributed by atoms with Gasteiger partial charge in [0.05, 0.1) is 0 Å². The normalized spacial score (nSPS) is 10.8. The molecule has 0 unspecified atom stereocenters. The number of rotatable bonds is 11. The largest absolute Gasteiger partial charge is 0.457 e. The Labute approximate surface area is 248 Å². The average molecular weight is 609 g/mol. The maximum absolute atomic E-state index is 13.2. The molecule has 4 nitrogen and oxygen atoms in total. The first kappa shape index (κ1) is 28.3. The van der Waals surface area contributed by atoms with E-state index in [0.29, 0.717) is 25.2 Å². The molecule has 1 radical (unpaired) electrons. The first-order chi connectivity index (χ1) is 20.0. The molecule has 5 aromatic rings. The second kappa shape index (κ2) is 13.9. The van der Waals surface area contributed by atoms with Crippen LogP contribution in [0.15, 0.2) is 126 Å². The summed E-state index contributed by atoms with van der Waals surface area (Å²) in [4.78, 5) is 12.7. The van der Waals surface area contributed by atoms with Gasteiger partial charge >= 0.3 is 0 Å².